The Balaban J connectivity index is 1.94. The molecule has 0 fully saturated rings. The molecular weight excluding hydrogens is 432 g/mol. The SMILES string of the molecule is CC[C@@H](NC(=O)CN(c1ccc(Cl)cc1C)S(=O)(=O)c1ccccc1)c1ccccc1. The molecule has 1 atom stereocenters. The van der Waals surface area contributed by atoms with Crippen molar-refractivity contribution < 1.29 is 13.2 Å². The molecule has 0 bridgehead atoms. The first kappa shape index (κ1) is 22.8. The monoisotopic (exact) mass is 456 g/mol. The van der Waals surface area contributed by atoms with Crippen LogP contribution in [0.25, 0.3) is 0 Å². The molecular formula is C24H25ClN2O3S. The summed E-state index contributed by atoms with van der Waals surface area (Å²) in [7, 11) is -3.96. The molecule has 3 aromatic carbocycles. The van der Waals surface area contributed by atoms with Gasteiger partial charge in [-0.25, -0.2) is 8.42 Å². The van der Waals surface area contributed by atoms with Gasteiger partial charge in [0.15, 0.2) is 0 Å². The fraction of sp³-hybridized carbons (Fsp3) is 0.208. The van der Waals surface area contributed by atoms with Gasteiger partial charge in [-0.3, -0.25) is 9.10 Å². The fourth-order valence-electron chi connectivity index (χ4n) is 3.39. The Morgan fingerprint density at radius 1 is 1.00 bits per heavy atom. The maximum absolute atomic E-state index is 13.4. The van der Waals surface area contributed by atoms with E-state index in [-0.39, 0.29) is 23.4 Å². The van der Waals surface area contributed by atoms with E-state index in [1.807, 2.05) is 37.3 Å². The van der Waals surface area contributed by atoms with Crippen molar-refractivity contribution in [3.05, 3.63) is 95.0 Å². The quantitative estimate of drug-likeness (QED) is 0.512. The first-order valence-corrected chi connectivity index (χ1v) is 11.8. The van der Waals surface area contributed by atoms with Crippen molar-refractivity contribution in [2.24, 2.45) is 0 Å². The lowest BCUT2D eigenvalue weighted by Gasteiger charge is -2.27. The molecule has 7 heteroatoms. The first-order valence-electron chi connectivity index (χ1n) is 10.0. The smallest absolute Gasteiger partial charge is 0.264 e. The first-order chi connectivity index (χ1) is 14.8. The predicted molar refractivity (Wildman–Crippen MR) is 125 cm³/mol. The summed E-state index contributed by atoms with van der Waals surface area (Å²) in [6.07, 6.45) is 0.682. The number of aryl methyl sites for hydroxylation is 1. The van der Waals surface area contributed by atoms with Crippen molar-refractivity contribution >= 4 is 33.2 Å². The number of amides is 1. The van der Waals surface area contributed by atoms with Crippen LogP contribution in [0.2, 0.25) is 5.02 Å². The molecule has 0 aromatic heterocycles. The van der Waals surface area contributed by atoms with E-state index in [4.69, 9.17) is 11.6 Å². The molecule has 0 heterocycles. The summed E-state index contributed by atoms with van der Waals surface area (Å²) in [4.78, 5) is 13.1. The number of benzene rings is 3. The topological polar surface area (TPSA) is 66.5 Å². The van der Waals surface area contributed by atoms with Crippen molar-refractivity contribution in [3.63, 3.8) is 0 Å². The zero-order valence-electron chi connectivity index (χ0n) is 17.5. The summed E-state index contributed by atoms with van der Waals surface area (Å²) < 4.78 is 28.0. The molecule has 0 aliphatic rings. The van der Waals surface area contributed by atoms with Crippen LogP contribution in [0.3, 0.4) is 0 Å². The number of carbonyl (C=O) groups excluding carboxylic acids is 1. The van der Waals surface area contributed by atoms with Gasteiger partial charge in [0.1, 0.15) is 6.54 Å². The van der Waals surface area contributed by atoms with Gasteiger partial charge in [0.2, 0.25) is 5.91 Å². The van der Waals surface area contributed by atoms with Crippen molar-refractivity contribution in [2.75, 3.05) is 10.8 Å². The molecule has 3 rings (SSSR count). The van der Waals surface area contributed by atoms with Gasteiger partial charge in [-0.15, -0.1) is 0 Å². The van der Waals surface area contributed by atoms with E-state index in [1.54, 1.807) is 43.3 Å². The highest BCUT2D eigenvalue weighted by molar-refractivity contribution is 7.92. The van der Waals surface area contributed by atoms with Crippen LogP contribution < -0.4 is 9.62 Å². The summed E-state index contributed by atoms with van der Waals surface area (Å²) >= 11 is 6.07. The number of hydrogen-bond acceptors (Lipinski definition) is 3. The third-order valence-electron chi connectivity index (χ3n) is 4.99. The highest BCUT2D eigenvalue weighted by atomic mass is 35.5. The highest BCUT2D eigenvalue weighted by Gasteiger charge is 2.29. The van der Waals surface area contributed by atoms with E-state index >= 15 is 0 Å². The standard InChI is InChI=1S/C24H25ClN2O3S/c1-3-22(19-10-6-4-7-11-19)26-24(28)17-27(23-15-14-20(25)16-18(23)2)31(29,30)21-12-8-5-9-13-21/h4-16,22H,3,17H2,1-2H3,(H,26,28)/t22-/m1/s1. The van der Waals surface area contributed by atoms with Crippen LogP contribution in [-0.2, 0) is 14.8 Å². The number of nitrogens with zero attached hydrogens (tertiary/aromatic N) is 1. The van der Waals surface area contributed by atoms with Gasteiger partial charge < -0.3 is 5.32 Å². The molecule has 1 N–H and O–H groups in total. The summed E-state index contributed by atoms with van der Waals surface area (Å²) in [6, 6.07) is 22.4. The van der Waals surface area contributed by atoms with Crippen LogP contribution in [0.15, 0.2) is 83.8 Å². The summed E-state index contributed by atoms with van der Waals surface area (Å²) in [5.74, 6) is -0.385. The molecule has 0 spiro atoms. The maximum Gasteiger partial charge on any atom is 0.264 e. The lowest BCUT2D eigenvalue weighted by atomic mass is 10.0. The largest absolute Gasteiger partial charge is 0.348 e. The normalized spacial score (nSPS) is 12.2. The molecule has 0 saturated carbocycles. The minimum atomic E-state index is -3.96. The summed E-state index contributed by atoms with van der Waals surface area (Å²) in [6.45, 7) is 3.40. The van der Waals surface area contributed by atoms with Crippen LogP contribution >= 0.6 is 11.6 Å². The average molecular weight is 457 g/mol. The van der Waals surface area contributed by atoms with E-state index in [2.05, 4.69) is 5.32 Å². The second-order valence-electron chi connectivity index (χ2n) is 7.19. The molecule has 3 aromatic rings. The van der Waals surface area contributed by atoms with Crippen LogP contribution in [0.1, 0.15) is 30.5 Å². The lowest BCUT2D eigenvalue weighted by molar-refractivity contribution is -0.120. The highest BCUT2D eigenvalue weighted by Crippen LogP contribution is 2.29. The Kier molecular flexibility index (Phi) is 7.36. The van der Waals surface area contributed by atoms with Crippen LogP contribution in [0.5, 0.6) is 0 Å². The Bertz CT molecular complexity index is 1140. The number of rotatable bonds is 8. The van der Waals surface area contributed by atoms with E-state index in [9.17, 15) is 13.2 Å². The Morgan fingerprint density at radius 3 is 2.19 bits per heavy atom. The van der Waals surface area contributed by atoms with Gasteiger partial charge in [-0.2, -0.15) is 0 Å². The Hall–Kier alpha value is -2.83. The van der Waals surface area contributed by atoms with Crippen molar-refractivity contribution in [1.29, 1.82) is 0 Å². The van der Waals surface area contributed by atoms with Crippen LogP contribution in [0, 0.1) is 6.92 Å². The minimum absolute atomic E-state index is 0.118. The van der Waals surface area contributed by atoms with E-state index in [0.717, 1.165) is 9.87 Å². The van der Waals surface area contributed by atoms with Gasteiger partial charge in [-0.05, 0) is 54.8 Å². The van der Waals surface area contributed by atoms with Crippen molar-refractivity contribution in [2.45, 2.75) is 31.2 Å². The molecule has 1 amide bonds. The van der Waals surface area contributed by atoms with Gasteiger partial charge in [0.25, 0.3) is 10.0 Å². The molecule has 31 heavy (non-hydrogen) atoms. The second kappa shape index (κ2) is 9.98. The summed E-state index contributed by atoms with van der Waals surface area (Å²) in [5, 5.41) is 3.46. The Morgan fingerprint density at radius 2 is 1.61 bits per heavy atom. The van der Waals surface area contributed by atoms with Crippen molar-refractivity contribution in [1.82, 2.24) is 5.32 Å². The molecule has 0 radical (unpaired) electrons. The van der Waals surface area contributed by atoms with Crippen LogP contribution in [0.4, 0.5) is 5.69 Å². The van der Waals surface area contributed by atoms with Crippen molar-refractivity contribution in [3.8, 4) is 0 Å². The number of sulfonamides is 1. The minimum Gasteiger partial charge on any atom is -0.348 e. The third kappa shape index (κ3) is 5.46. The van der Waals surface area contributed by atoms with Crippen LogP contribution in [-0.4, -0.2) is 20.9 Å². The molecule has 5 nitrogen and oxygen atoms in total. The molecule has 162 valence electrons. The van der Waals surface area contributed by atoms with E-state index < -0.39 is 10.0 Å². The zero-order valence-corrected chi connectivity index (χ0v) is 19.0. The zero-order chi connectivity index (χ0) is 22.4. The number of halogens is 1. The molecule has 0 saturated heterocycles. The second-order valence-corrected chi connectivity index (χ2v) is 9.49. The van der Waals surface area contributed by atoms with Gasteiger partial charge >= 0.3 is 0 Å². The number of nitrogens with one attached hydrogen (secondary N) is 1. The molecule has 0 unspecified atom stereocenters. The number of carbonyl (C=O) groups is 1. The average Bonchev–Trinajstić information content (AvgIpc) is 2.77. The molecule has 0 aliphatic heterocycles. The van der Waals surface area contributed by atoms with Gasteiger partial charge in [0, 0.05) is 5.02 Å². The third-order valence-corrected chi connectivity index (χ3v) is 7.00. The van der Waals surface area contributed by atoms with Gasteiger partial charge in [0.05, 0.1) is 16.6 Å². The Labute approximate surface area is 188 Å². The number of anilines is 1. The van der Waals surface area contributed by atoms with E-state index in [1.165, 1.54) is 12.1 Å². The number of hydrogen-bond donors (Lipinski definition) is 1. The summed E-state index contributed by atoms with van der Waals surface area (Å²) in [5.41, 5.74) is 2.05. The predicted octanol–water partition coefficient (Wildman–Crippen LogP) is 5.11. The molecule has 0 aliphatic carbocycles. The lowest BCUT2D eigenvalue weighted by Crippen LogP contribution is -2.42. The maximum atomic E-state index is 13.4. The van der Waals surface area contributed by atoms with Gasteiger partial charge in [-0.1, -0.05) is 67.1 Å². The fourth-order valence-corrected chi connectivity index (χ4v) is 5.13. The van der Waals surface area contributed by atoms with E-state index in [0.29, 0.717) is 22.7 Å².